The van der Waals surface area contributed by atoms with E-state index in [1.807, 2.05) is 48.5 Å². The summed E-state index contributed by atoms with van der Waals surface area (Å²) in [5.74, 6) is 0.208. The Morgan fingerprint density at radius 3 is 2.48 bits per heavy atom. The third kappa shape index (κ3) is 3.21. The standard InChI is InChI=1S/C18H11BrClN3/c19-13-5-1-3-11(7-13)15-9-17(23-18(22)16(15)10-21)12-4-2-6-14(20)8-12/h1-9H,(H2,22,23). The normalized spacial score (nSPS) is 10.3. The first-order valence-corrected chi connectivity index (χ1v) is 7.98. The number of nitrogens with zero attached hydrogens (tertiary/aromatic N) is 2. The molecule has 0 aliphatic heterocycles. The molecule has 23 heavy (non-hydrogen) atoms. The molecule has 1 heterocycles. The zero-order valence-corrected chi connectivity index (χ0v) is 14.3. The quantitative estimate of drug-likeness (QED) is 0.653. The monoisotopic (exact) mass is 383 g/mol. The molecule has 0 amide bonds. The van der Waals surface area contributed by atoms with E-state index in [-0.39, 0.29) is 5.82 Å². The predicted molar refractivity (Wildman–Crippen MR) is 96.9 cm³/mol. The van der Waals surface area contributed by atoms with Crippen molar-refractivity contribution in [1.29, 1.82) is 5.26 Å². The molecule has 5 heteroatoms. The molecule has 0 aliphatic rings. The second-order valence-electron chi connectivity index (χ2n) is 4.95. The van der Waals surface area contributed by atoms with Crippen LogP contribution in [0, 0.1) is 11.3 Å². The highest BCUT2D eigenvalue weighted by Gasteiger charge is 2.13. The molecule has 0 aliphatic carbocycles. The van der Waals surface area contributed by atoms with Gasteiger partial charge in [0.1, 0.15) is 17.5 Å². The summed E-state index contributed by atoms with van der Waals surface area (Å²) in [7, 11) is 0. The van der Waals surface area contributed by atoms with Crippen molar-refractivity contribution in [2.75, 3.05) is 5.73 Å². The second kappa shape index (κ2) is 6.41. The van der Waals surface area contributed by atoms with Gasteiger partial charge in [0.2, 0.25) is 0 Å². The van der Waals surface area contributed by atoms with Gasteiger partial charge in [-0.3, -0.25) is 0 Å². The summed E-state index contributed by atoms with van der Waals surface area (Å²) in [6.07, 6.45) is 0. The average molecular weight is 385 g/mol. The number of aromatic nitrogens is 1. The van der Waals surface area contributed by atoms with E-state index in [2.05, 4.69) is 27.0 Å². The molecule has 3 nitrogen and oxygen atoms in total. The third-order valence-corrected chi connectivity index (χ3v) is 4.14. The molecule has 0 unspecified atom stereocenters. The van der Waals surface area contributed by atoms with E-state index in [1.54, 1.807) is 6.07 Å². The number of hydrogen-bond donors (Lipinski definition) is 1. The van der Waals surface area contributed by atoms with Gasteiger partial charge < -0.3 is 5.73 Å². The zero-order valence-electron chi connectivity index (χ0n) is 11.9. The number of pyridine rings is 1. The molecule has 0 saturated heterocycles. The fourth-order valence-electron chi connectivity index (χ4n) is 2.36. The first-order chi connectivity index (χ1) is 11.1. The van der Waals surface area contributed by atoms with E-state index in [0.717, 1.165) is 21.2 Å². The van der Waals surface area contributed by atoms with E-state index in [1.165, 1.54) is 0 Å². The van der Waals surface area contributed by atoms with Crippen molar-refractivity contribution in [3.8, 4) is 28.5 Å². The molecule has 0 atom stereocenters. The lowest BCUT2D eigenvalue weighted by Crippen LogP contribution is -1.99. The van der Waals surface area contributed by atoms with Crippen LogP contribution in [0.15, 0.2) is 59.1 Å². The highest BCUT2D eigenvalue weighted by molar-refractivity contribution is 9.10. The van der Waals surface area contributed by atoms with Crippen molar-refractivity contribution in [3.63, 3.8) is 0 Å². The fraction of sp³-hybridized carbons (Fsp3) is 0. The number of nitriles is 1. The van der Waals surface area contributed by atoms with Crippen molar-refractivity contribution >= 4 is 33.3 Å². The van der Waals surface area contributed by atoms with Crippen LogP contribution >= 0.6 is 27.5 Å². The average Bonchev–Trinajstić information content (AvgIpc) is 2.54. The maximum absolute atomic E-state index is 9.43. The maximum atomic E-state index is 9.43. The molecule has 0 radical (unpaired) electrons. The summed E-state index contributed by atoms with van der Waals surface area (Å²) >= 11 is 9.50. The Bertz CT molecular complexity index is 932. The molecule has 2 N–H and O–H groups in total. The van der Waals surface area contributed by atoms with Crippen molar-refractivity contribution in [3.05, 3.63) is 69.7 Å². The van der Waals surface area contributed by atoms with Gasteiger partial charge in [-0.25, -0.2) is 4.98 Å². The molecular weight excluding hydrogens is 374 g/mol. The lowest BCUT2D eigenvalue weighted by molar-refractivity contribution is 1.31. The summed E-state index contributed by atoms with van der Waals surface area (Å²) in [4.78, 5) is 4.35. The Balaban J connectivity index is 2.25. The van der Waals surface area contributed by atoms with Gasteiger partial charge in [0.25, 0.3) is 0 Å². The van der Waals surface area contributed by atoms with Gasteiger partial charge in [-0.15, -0.1) is 0 Å². The smallest absolute Gasteiger partial charge is 0.142 e. The van der Waals surface area contributed by atoms with Gasteiger partial charge in [0.15, 0.2) is 0 Å². The molecule has 3 aromatic rings. The molecule has 0 bridgehead atoms. The van der Waals surface area contributed by atoms with E-state index in [4.69, 9.17) is 17.3 Å². The van der Waals surface area contributed by atoms with Crippen molar-refractivity contribution in [2.24, 2.45) is 0 Å². The van der Waals surface area contributed by atoms with Crippen LogP contribution in [0.25, 0.3) is 22.4 Å². The van der Waals surface area contributed by atoms with Gasteiger partial charge in [0.05, 0.1) is 5.69 Å². The summed E-state index contributed by atoms with van der Waals surface area (Å²) in [5.41, 5.74) is 9.55. The van der Waals surface area contributed by atoms with Crippen LogP contribution < -0.4 is 5.73 Å². The topological polar surface area (TPSA) is 62.7 Å². The highest BCUT2D eigenvalue weighted by Crippen LogP contribution is 2.32. The van der Waals surface area contributed by atoms with Crippen LogP contribution in [0.3, 0.4) is 0 Å². The Morgan fingerprint density at radius 2 is 1.78 bits per heavy atom. The molecule has 0 spiro atoms. The summed E-state index contributed by atoms with van der Waals surface area (Å²) < 4.78 is 0.929. The Morgan fingerprint density at radius 1 is 1.04 bits per heavy atom. The van der Waals surface area contributed by atoms with Crippen molar-refractivity contribution < 1.29 is 0 Å². The van der Waals surface area contributed by atoms with Gasteiger partial charge >= 0.3 is 0 Å². The third-order valence-electron chi connectivity index (χ3n) is 3.42. The van der Waals surface area contributed by atoms with E-state index >= 15 is 0 Å². The van der Waals surface area contributed by atoms with Gasteiger partial charge in [-0.05, 0) is 35.9 Å². The number of hydrogen-bond acceptors (Lipinski definition) is 3. The first-order valence-electron chi connectivity index (χ1n) is 6.81. The Labute approximate surface area is 147 Å². The minimum atomic E-state index is 0.208. The SMILES string of the molecule is N#Cc1c(-c2cccc(Br)c2)cc(-c2cccc(Cl)c2)nc1N. The van der Waals surface area contributed by atoms with E-state index in [9.17, 15) is 5.26 Å². The van der Waals surface area contributed by atoms with Crippen LogP contribution in [0.5, 0.6) is 0 Å². The fourth-order valence-corrected chi connectivity index (χ4v) is 2.95. The first kappa shape index (κ1) is 15.5. The molecular formula is C18H11BrClN3. The predicted octanol–water partition coefficient (Wildman–Crippen LogP) is 5.29. The minimum absolute atomic E-state index is 0.208. The molecule has 1 aromatic heterocycles. The van der Waals surface area contributed by atoms with E-state index < -0.39 is 0 Å². The minimum Gasteiger partial charge on any atom is -0.383 e. The highest BCUT2D eigenvalue weighted by atomic mass is 79.9. The summed E-state index contributed by atoms with van der Waals surface area (Å²) in [6.45, 7) is 0. The molecule has 0 saturated carbocycles. The number of rotatable bonds is 2. The van der Waals surface area contributed by atoms with Crippen LogP contribution in [0.4, 0.5) is 5.82 Å². The lowest BCUT2D eigenvalue weighted by atomic mass is 9.98. The van der Waals surface area contributed by atoms with Gasteiger partial charge in [-0.1, -0.05) is 51.8 Å². The second-order valence-corrected chi connectivity index (χ2v) is 6.30. The maximum Gasteiger partial charge on any atom is 0.142 e. The molecule has 112 valence electrons. The van der Waals surface area contributed by atoms with Crippen LogP contribution in [-0.4, -0.2) is 4.98 Å². The lowest BCUT2D eigenvalue weighted by Gasteiger charge is -2.11. The summed E-state index contributed by atoms with van der Waals surface area (Å²) in [5, 5.41) is 10.1. The van der Waals surface area contributed by atoms with Crippen LogP contribution in [-0.2, 0) is 0 Å². The Kier molecular flexibility index (Phi) is 4.33. The number of nitrogens with two attached hydrogens (primary N) is 1. The molecule has 2 aromatic carbocycles. The zero-order chi connectivity index (χ0) is 16.4. The van der Waals surface area contributed by atoms with Gasteiger partial charge in [0, 0.05) is 20.6 Å². The number of nitrogen functional groups attached to an aromatic ring is 1. The Hall–Kier alpha value is -2.35. The number of benzene rings is 2. The largest absolute Gasteiger partial charge is 0.383 e. The molecule has 3 rings (SSSR count). The molecule has 0 fully saturated rings. The summed E-state index contributed by atoms with van der Waals surface area (Å²) in [6, 6.07) is 19.1. The van der Waals surface area contributed by atoms with Crippen molar-refractivity contribution in [1.82, 2.24) is 4.98 Å². The van der Waals surface area contributed by atoms with Gasteiger partial charge in [-0.2, -0.15) is 5.26 Å². The number of halogens is 2. The van der Waals surface area contributed by atoms with Crippen molar-refractivity contribution in [2.45, 2.75) is 0 Å². The van der Waals surface area contributed by atoms with E-state index in [0.29, 0.717) is 16.3 Å². The van der Waals surface area contributed by atoms with Crippen LogP contribution in [0.1, 0.15) is 5.56 Å². The number of anilines is 1. The van der Waals surface area contributed by atoms with Crippen LogP contribution in [0.2, 0.25) is 5.02 Å².